The van der Waals surface area contributed by atoms with Gasteiger partial charge in [-0.1, -0.05) is 231 Å². The summed E-state index contributed by atoms with van der Waals surface area (Å²) in [5.74, 6) is 2.39. The zero-order valence-corrected chi connectivity index (χ0v) is 51.8. The summed E-state index contributed by atoms with van der Waals surface area (Å²) in [4.78, 5) is 5.02. The summed E-state index contributed by atoms with van der Waals surface area (Å²) in [6, 6.07) is 107. The van der Waals surface area contributed by atoms with Crippen molar-refractivity contribution < 1.29 is 9.47 Å². The van der Waals surface area contributed by atoms with Crippen molar-refractivity contribution in [2.24, 2.45) is 0 Å². The summed E-state index contributed by atoms with van der Waals surface area (Å²) in [6.45, 7) is 0. The van der Waals surface area contributed by atoms with Crippen LogP contribution in [0.2, 0.25) is 0 Å². The standard InChI is InChI=1S/C51H31NO.C40H22N2O/c52-30-31-22-23-42-44-25-24-36(43-20-9-21-49(51(43)44)53-50(42)26-31)33-12-7-13-34(27-33)45-28-47-41-18-6-5-17-40(41)46(29-48(47)39-16-4-3-15-38(39)45)37-19-8-11-32-10-1-2-14-35(32)37;41-22-24-12-15-32-34-18-17-31(33-10-5-11-38(40(33)34)43-39(32)20-24)37-19-14-26(23-42-37)35-21-36-27-7-2-1-6-25(27)13-16-30(36)28-8-3-4-9-29(28)35/h1-25,27-29,50H,26H2;1-21,23H. The molecule has 1 atom stereocenters. The van der Waals surface area contributed by atoms with Gasteiger partial charge in [0.05, 0.1) is 23.4 Å². The number of allylic oxidation sites excluding steroid dienone is 2. The maximum absolute atomic E-state index is 9.54. The molecule has 1 unspecified atom stereocenters. The minimum absolute atomic E-state index is 0.137. The van der Waals surface area contributed by atoms with E-state index < -0.39 is 0 Å². The molecule has 3 heterocycles. The number of benzene rings is 16. The lowest BCUT2D eigenvalue weighted by atomic mass is 9.83. The predicted octanol–water partition coefficient (Wildman–Crippen LogP) is 24.1. The molecule has 0 fully saturated rings. The van der Waals surface area contributed by atoms with Gasteiger partial charge < -0.3 is 9.47 Å². The molecule has 2 aliphatic heterocycles. The maximum Gasteiger partial charge on any atom is 0.136 e. The third kappa shape index (κ3) is 8.65. The van der Waals surface area contributed by atoms with Crippen LogP contribution in [0.5, 0.6) is 17.2 Å². The topological polar surface area (TPSA) is 78.9 Å². The molecule has 0 saturated carbocycles. The van der Waals surface area contributed by atoms with Crippen LogP contribution in [0.4, 0.5) is 0 Å². The summed E-state index contributed by atoms with van der Waals surface area (Å²) in [6.07, 6.45) is 6.47. The fourth-order valence-electron chi connectivity index (χ4n) is 15.7. The summed E-state index contributed by atoms with van der Waals surface area (Å²) in [5, 5.41) is 40.9. The highest BCUT2D eigenvalue weighted by Gasteiger charge is 2.31. The van der Waals surface area contributed by atoms with Crippen LogP contribution in [-0.2, 0) is 0 Å². The van der Waals surface area contributed by atoms with Gasteiger partial charge in [0.15, 0.2) is 0 Å². The van der Waals surface area contributed by atoms with Gasteiger partial charge in [-0.25, -0.2) is 0 Å². The number of rotatable bonds is 5. The van der Waals surface area contributed by atoms with Gasteiger partial charge in [0.2, 0.25) is 0 Å². The molecular weight excluding hydrogens is 1170 g/mol. The first-order chi connectivity index (χ1) is 47.5. The van der Waals surface area contributed by atoms with Gasteiger partial charge in [0.1, 0.15) is 23.4 Å². The van der Waals surface area contributed by atoms with E-state index in [0.717, 1.165) is 72.3 Å². The molecule has 17 aromatic rings. The number of pyridine rings is 1. The Balaban J connectivity index is 0.000000138. The Hall–Kier alpha value is -12.9. The second kappa shape index (κ2) is 21.9. The first kappa shape index (κ1) is 54.8. The molecule has 3 aliphatic rings. The number of fused-ring (bicyclic) bond motifs is 15. The van der Waals surface area contributed by atoms with Gasteiger partial charge in [-0.15, -0.1) is 0 Å². The normalized spacial score (nSPS) is 13.5. The van der Waals surface area contributed by atoms with Crippen molar-refractivity contribution in [2.75, 3.05) is 0 Å². The lowest BCUT2D eigenvalue weighted by molar-refractivity contribution is 0.258. The highest BCUT2D eigenvalue weighted by Crippen LogP contribution is 2.51. The van der Waals surface area contributed by atoms with Crippen LogP contribution in [0.15, 0.2) is 309 Å². The molecule has 0 N–H and O–H groups in total. The summed E-state index contributed by atoms with van der Waals surface area (Å²) in [7, 11) is 0. The number of hydrogen-bond donors (Lipinski definition) is 0. The van der Waals surface area contributed by atoms with Crippen LogP contribution in [0, 0.1) is 22.7 Å². The molecule has 1 aromatic heterocycles. The van der Waals surface area contributed by atoms with Gasteiger partial charge in [-0.2, -0.15) is 10.5 Å². The lowest BCUT2D eigenvalue weighted by Gasteiger charge is -2.31. The molecule has 0 radical (unpaired) electrons. The lowest BCUT2D eigenvalue weighted by Crippen LogP contribution is -2.24. The summed E-state index contributed by atoms with van der Waals surface area (Å²) < 4.78 is 12.8. The second-order valence-corrected chi connectivity index (χ2v) is 25.3. The quantitative estimate of drug-likeness (QED) is 0.160. The molecule has 16 aromatic carbocycles. The summed E-state index contributed by atoms with van der Waals surface area (Å²) >= 11 is 0. The predicted molar refractivity (Wildman–Crippen MR) is 396 cm³/mol. The SMILES string of the molecule is N#CC1=CC=C2c3ccc(-c4cccc(-c5cc6c7ccccc7c(-c7cccc8ccccc78)cc6c6ccccc56)c4)c4cccc(c34)OC2C1.N#Cc1ccc2c(c1)Oc1cccc3c(-c4ccc(-c5cc6c7ccccc7ccc6c6ccccc56)cn4)ccc-2c13. The van der Waals surface area contributed by atoms with Gasteiger partial charge >= 0.3 is 0 Å². The first-order valence-electron chi connectivity index (χ1n) is 32.6. The van der Waals surface area contributed by atoms with Crippen molar-refractivity contribution in [1.29, 1.82) is 10.5 Å². The Bertz CT molecular complexity index is 6390. The van der Waals surface area contributed by atoms with Crippen molar-refractivity contribution in [3.8, 4) is 96.3 Å². The Kier molecular flexibility index (Phi) is 12.5. The van der Waals surface area contributed by atoms with E-state index in [-0.39, 0.29) is 6.10 Å². The summed E-state index contributed by atoms with van der Waals surface area (Å²) in [5.41, 5.74) is 17.3. The highest BCUT2D eigenvalue weighted by atomic mass is 16.5. The molecule has 0 bridgehead atoms. The van der Waals surface area contributed by atoms with Gasteiger partial charge in [-0.3, -0.25) is 4.98 Å². The van der Waals surface area contributed by atoms with Crippen molar-refractivity contribution in [3.05, 3.63) is 320 Å². The van der Waals surface area contributed by atoms with E-state index in [1.807, 2.05) is 42.6 Å². The van der Waals surface area contributed by atoms with E-state index in [0.29, 0.717) is 17.7 Å². The number of nitriles is 2. The minimum Gasteiger partial charge on any atom is -0.485 e. The Morgan fingerprint density at radius 1 is 0.312 bits per heavy atom. The van der Waals surface area contributed by atoms with Crippen LogP contribution in [-0.4, -0.2) is 11.1 Å². The fraction of sp³-hybridized carbons (Fsp3) is 0.0220. The maximum atomic E-state index is 9.54. The van der Waals surface area contributed by atoms with Crippen LogP contribution >= 0.6 is 0 Å². The molecule has 20 rings (SSSR count). The first-order valence-corrected chi connectivity index (χ1v) is 32.6. The largest absolute Gasteiger partial charge is 0.485 e. The van der Waals surface area contributed by atoms with Gasteiger partial charge in [-0.05, 0) is 203 Å². The molecule has 0 spiro atoms. The molecule has 96 heavy (non-hydrogen) atoms. The fourth-order valence-corrected chi connectivity index (χ4v) is 15.7. The van der Waals surface area contributed by atoms with Crippen molar-refractivity contribution in [2.45, 2.75) is 12.5 Å². The van der Waals surface area contributed by atoms with E-state index in [1.54, 1.807) is 0 Å². The average Bonchev–Trinajstić information content (AvgIpc) is 0.741. The second-order valence-electron chi connectivity index (χ2n) is 25.3. The van der Waals surface area contributed by atoms with Crippen LogP contribution in [0.3, 0.4) is 0 Å². The number of ether oxygens (including phenoxy) is 2. The third-order valence-electron chi connectivity index (χ3n) is 20.1. The van der Waals surface area contributed by atoms with Crippen molar-refractivity contribution in [1.82, 2.24) is 4.98 Å². The van der Waals surface area contributed by atoms with Crippen molar-refractivity contribution in [3.63, 3.8) is 0 Å². The third-order valence-corrected chi connectivity index (χ3v) is 20.1. The molecule has 0 amide bonds. The number of nitrogens with zero attached hydrogens (tertiary/aromatic N) is 3. The Morgan fingerprint density at radius 3 is 1.57 bits per heavy atom. The van der Waals surface area contributed by atoms with Crippen LogP contribution in [0.25, 0.3) is 169 Å². The van der Waals surface area contributed by atoms with E-state index in [4.69, 9.17) is 14.5 Å². The zero-order chi connectivity index (χ0) is 63.5. The monoisotopic (exact) mass is 1220 g/mol. The zero-order valence-electron chi connectivity index (χ0n) is 51.8. The number of aromatic nitrogens is 1. The van der Waals surface area contributed by atoms with Crippen molar-refractivity contribution >= 4 is 103 Å². The molecule has 5 heteroatoms. The molecule has 1 aliphatic carbocycles. The average molecular weight is 1220 g/mol. The smallest absolute Gasteiger partial charge is 0.136 e. The van der Waals surface area contributed by atoms with Gasteiger partial charge in [0, 0.05) is 51.2 Å². The van der Waals surface area contributed by atoms with Crippen LogP contribution < -0.4 is 9.47 Å². The molecule has 0 saturated heterocycles. The molecular formula is C91H53N3O2. The highest BCUT2D eigenvalue weighted by molar-refractivity contribution is 6.25. The molecule has 5 nitrogen and oxygen atoms in total. The van der Waals surface area contributed by atoms with E-state index in [1.165, 1.54) is 120 Å². The number of hydrogen-bond acceptors (Lipinski definition) is 5. The van der Waals surface area contributed by atoms with E-state index in [9.17, 15) is 10.5 Å². The van der Waals surface area contributed by atoms with Gasteiger partial charge in [0.25, 0.3) is 0 Å². The van der Waals surface area contributed by atoms with Crippen LogP contribution in [0.1, 0.15) is 17.5 Å². The minimum atomic E-state index is -0.137. The Labute approximate surface area is 553 Å². The Morgan fingerprint density at radius 2 is 0.844 bits per heavy atom. The van der Waals surface area contributed by atoms with E-state index in [2.05, 4.69) is 273 Å². The van der Waals surface area contributed by atoms with E-state index >= 15 is 0 Å². The molecule has 444 valence electrons.